The van der Waals surface area contributed by atoms with Crippen LogP contribution in [0.1, 0.15) is 5.56 Å². The van der Waals surface area contributed by atoms with Gasteiger partial charge in [0.2, 0.25) is 5.82 Å². The van der Waals surface area contributed by atoms with Gasteiger partial charge in [0.25, 0.3) is 5.91 Å². The van der Waals surface area contributed by atoms with Crippen molar-refractivity contribution in [2.24, 2.45) is 0 Å². The van der Waals surface area contributed by atoms with Gasteiger partial charge < -0.3 is 9.47 Å². The number of amides is 1. The van der Waals surface area contributed by atoms with Gasteiger partial charge in [-0.25, -0.2) is 22.0 Å². The maximum Gasteiger partial charge on any atom is 0.262 e. The first kappa shape index (κ1) is 20.0. The molecule has 2 rings (SSSR count). The Labute approximate surface area is 150 Å². The van der Waals surface area contributed by atoms with Gasteiger partial charge in [-0.3, -0.25) is 15.6 Å². The smallest absolute Gasteiger partial charge is 0.262 e. The molecule has 0 spiro atoms. The Morgan fingerprint density at radius 2 is 1.33 bits per heavy atom. The molecule has 1 amide bonds. The minimum absolute atomic E-state index is 0.453. The highest BCUT2D eigenvalue weighted by Gasteiger charge is 2.25. The molecule has 0 aliphatic rings. The van der Waals surface area contributed by atoms with Crippen molar-refractivity contribution in [1.29, 1.82) is 0 Å². The summed E-state index contributed by atoms with van der Waals surface area (Å²) in [5.41, 5.74) is 2.60. The van der Waals surface area contributed by atoms with E-state index in [0.717, 1.165) is 6.08 Å². The summed E-state index contributed by atoms with van der Waals surface area (Å²) in [6, 6.07) is 4.75. The molecule has 0 aliphatic heterocycles. The van der Waals surface area contributed by atoms with Crippen molar-refractivity contribution in [3.63, 3.8) is 0 Å². The van der Waals surface area contributed by atoms with Gasteiger partial charge in [0.15, 0.2) is 23.3 Å². The highest BCUT2D eigenvalue weighted by atomic mass is 19.2. The predicted octanol–water partition coefficient (Wildman–Crippen LogP) is 3.56. The predicted molar refractivity (Wildman–Crippen MR) is 86.6 cm³/mol. The standard InChI is InChI=1S/C17H13F5N2O3/c1-26-9-5-8(6-10(7-9)27-2)3-4-11(25)23-24-17-15(21)13(19)12(18)14(20)16(17)22/h3-7,24H,1-2H3,(H,23,25)/b4-3+. The van der Waals surface area contributed by atoms with Crippen molar-refractivity contribution in [3.8, 4) is 11.5 Å². The lowest BCUT2D eigenvalue weighted by molar-refractivity contribution is -0.116. The van der Waals surface area contributed by atoms with Crippen molar-refractivity contribution in [2.45, 2.75) is 0 Å². The Bertz CT molecular complexity index is 851. The Morgan fingerprint density at radius 1 is 0.852 bits per heavy atom. The molecule has 27 heavy (non-hydrogen) atoms. The molecular weight excluding hydrogens is 375 g/mol. The summed E-state index contributed by atoms with van der Waals surface area (Å²) < 4.78 is 76.2. The van der Waals surface area contributed by atoms with E-state index in [1.165, 1.54) is 20.3 Å². The van der Waals surface area contributed by atoms with Crippen LogP contribution in [0.15, 0.2) is 24.3 Å². The van der Waals surface area contributed by atoms with Crippen LogP contribution in [0.5, 0.6) is 11.5 Å². The van der Waals surface area contributed by atoms with Crippen LogP contribution in [0.3, 0.4) is 0 Å². The summed E-state index contributed by atoms with van der Waals surface area (Å²) in [7, 11) is 2.87. The summed E-state index contributed by atoms with van der Waals surface area (Å²) >= 11 is 0. The first-order chi connectivity index (χ1) is 12.8. The van der Waals surface area contributed by atoms with Crippen LogP contribution in [0.4, 0.5) is 27.6 Å². The average Bonchev–Trinajstić information content (AvgIpc) is 2.68. The Balaban J connectivity index is 2.13. The van der Waals surface area contributed by atoms with Gasteiger partial charge in [-0.05, 0) is 23.8 Å². The molecule has 0 bridgehead atoms. The number of nitrogens with one attached hydrogen (secondary N) is 2. The second-order valence-electron chi connectivity index (χ2n) is 5.04. The largest absolute Gasteiger partial charge is 0.497 e. The van der Waals surface area contributed by atoms with Crippen molar-refractivity contribution in [3.05, 3.63) is 58.9 Å². The maximum atomic E-state index is 13.5. The van der Waals surface area contributed by atoms with Crippen molar-refractivity contribution in [1.82, 2.24) is 5.43 Å². The number of rotatable bonds is 6. The molecule has 0 unspecified atom stereocenters. The topological polar surface area (TPSA) is 59.6 Å². The Morgan fingerprint density at radius 3 is 1.81 bits per heavy atom. The number of hydrogen-bond donors (Lipinski definition) is 2. The molecule has 0 heterocycles. The molecule has 0 aromatic heterocycles. The number of hydrogen-bond acceptors (Lipinski definition) is 4. The number of benzene rings is 2. The molecule has 2 aromatic carbocycles. The van der Waals surface area contributed by atoms with E-state index in [0.29, 0.717) is 17.1 Å². The minimum atomic E-state index is -2.30. The number of anilines is 1. The molecule has 5 nitrogen and oxygen atoms in total. The second kappa shape index (κ2) is 8.39. The molecule has 0 radical (unpaired) electrons. The molecule has 0 fully saturated rings. The lowest BCUT2D eigenvalue weighted by Gasteiger charge is -2.10. The number of hydrazine groups is 1. The fourth-order valence-electron chi connectivity index (χ4n) is 1.98. The number of carbonyl (C=O) groups excluding carboxylic acids is 1. The quantitative estimate of drug-likeness (QED) is 0.261. The van der Waals surface area contributed by atoms with Gasteiger partial charge in [-0.15, -0.1) is 0 Å². The first-order valence-corrected chi connectivity index (χ1v) is 7.27. The molecule has 0 atom stereocenters. The van der Waals surface area contributed by atoms with Gasteiger partial charge in [0.05, 0.1) is 14.2 Å². The molecule has 0 saturated heterocycles. The summed E-state index contributed by atoms with van der Waals surface area (Å²) in [4.78, 5) is 11.7. The fraction of sp³-hybridized carbons (Fsp3) is 0.118. The molecule has 10 heteroatoms. The molecule has 0 aliphatic carbocycles. The Hall–Kier alpha value is -3.30. The summed E-state index contributed by atoms with van der Waals surface area (Å²) in [5, 5.41) is 0. The molecule has 0 saturated carbocycles. The summed E-state index contributed by atoms with van der Waals surface area (Å²) in [5.74, 6) is -10.8. The zero-order valence-electron chi connectivity index (χ0n) is 14.0. The zero-order chi connectivity index (χ0) is 20.1. The van der Waals surface area contributed by atoms with Gasteiger partial charge in [0.1, 0.15) is 17.2 Å². The monoisotopic (exact) mass is 388 g/mol. The fourth-order valence-corrected chi connectivity index (χ4v) is 1.98. The van der Waals surface area contributed by atoms with Crippen LogP contribution in [0.25, 0.3) is 6.08 Å². The van der Waals surface area contributed by atoms with Crippen LogP contribution in [0.2, 0.25) is 0 Å². The first-order valence-electron chi connectivity index (χ1n) is 7.27. The summed E-state index contributed by atoms with van der Waals surface area (Å²) in [6.45, 7) is 0. The van der Waals surface area contributed by atoms with Crippen LogP contribution in [-0.4, -0.2) is 20.1 Å². The molecule has 2 aromatic rings. The minimum Gasteiger partial charge on any atom is -0.497 e. The van der Waals surface area contributed by atoms with Crippen LogP contribution >= 0.6 is 0 Å². The Kier molecular flexibility index (Phi) is 6.22. The third-order valence-corrected chi connectivity index (χ3v) is 3.32. The molecule has 144 valence electrons. The second-order valence-corrected chi connectivity index (χ2v) is 5.04. The van der Waals surface area contributed by atoms with Crippen molar-refractivity contribution >= 4 is 17.7 Å². The van der Waals surface area contributed by atoms with Gasteiger partial charge in [0, 0.05) is 12.1 Å². The lowest BCUT2D eigenvalue weighted by Crippen LogP contribution is -2.29. The molecule has 2 N–H and O–H groups in total. The van der Waals surface area contributed by atoms with E-state index in [1.807, 2.05) is 5.43 Å². The van der Waals surface area contributed by atoms with Gasteiger partial charge >= 0.3 is 0 Å². The maximum absolute atomic E-state index is 13.5. The van der Waals surface area contributed by atoms with E-state index in [2.05, 4.69) is 0 Å². The molecular formula is C17H13F5N2O3. The lowest BCUT2D eigenvalue weighted by atomic mass is 10.2. The third-order valence-electron chi connectivity index (χ3n) is 3.32. The van der Waals surface area contributed by atoms with Gasteiger partial charge in [-0.1, -0.05) is 0 Å². The van der Waals surface area contributed by atoms with Crippen molar-refractivity contribution in [2.75, 3.05) is 19.6 Å². The van der Waals surface area contributed by atoms with E-state index in [1.54, 1.807) is 23.6 Å². The number of ether oxygens (including phenoxy) is 2. The van der Waals surface area contributed by atoms with Crippen molar-refractivity contribution < 1.29 is 36.2 Å². The van der Waals surface area contributed by atoms with Crippen LogP contribution in [0, 0.1) is 29.1 Å². The van der Waals surface area contributed by atoms with E-state index in [9.17, 15) is 26.7 Å². The SMILES string of the molecule is COc1cc(/C=C/C(=O)NNc2c(F)c(F)c(F)c(F)c2F)cc(OC)c1. The average molecular weight is 388 g/mol. The highest BCUT2D eigenvalue weighted by Crippen LogP contribution is 2.26. The zero-order valence-corrected chi connectivity index (χ0v) is 14.0. The number of carbonyl (C=O) groups is 1. The number of methoxy groups -OCH3 is 2. The van der Waals surface area contributed by atoms with E-state index < -0.39 is 40.7 Å². The van der Waals surface area contributed by atoms with Crippen LogP contribution < -0.4 is 20.3 Å². The van der Waals surface area contributed by atoms with E-state index in [-0.39, 0.29) is 0 Å². The van der Waals surface area contributed by atoms with Crippen LogP contribution in [-0.2, 0) is 4.79 Å². The summed E-state index contributed by atoms with van der Waals surface area (Å²) in [6.07, 6.45) is 2.29. The number of halogens is 5. The third kappa shape index (κ3) is 4.46. The van der Waals surface area contributed by atoms with Gasteiger partial charge in [-0.2, -0.15) is 0 Å². The highest BCUT2D eigenvalue weighted by molar-refractivity contribution is 5.92. The van der Waals surface area contributed by atoms with E-state index >= 15 is 0 Å². The van der Waals surface area contributed by atoms with E-state index in [4.69, 9.17) is 9.47 Å². The normalized spacial score (nSPS) is 10.8.